The summed E-state index contributed by atoms with van der Waals surface area (Å²) in [5, 5.41) is 17.4. The Morgan fingerprint density at radius 2 is 1.70 bits per heavy atom. The van der Waals surface area contributed by atoms with Gasteiger partial charge in [0.2, 0.25) is 0 Å². The van der Waals surface area contributed by atoms with Crippen LogP contribution in [0.2, 0.25) is 0 Å². The van der Waals surface area contributed by atoms with Crippen LogP contribution in [-0.2, 0) is 18.8 Å². The number of pyridine rings is 2. The summed E-state index contributed by atoms with van der Waals surface area (Å²) >= 11 is 0. The summed E-state index contributed by atoms with van der Waals surface area (Å²) in [7, 11) is 3.56. The first kappa shape index (κ1) is 21.4. The van der Waals surface area contributed by atoms with E-state index >= 15 is 0 Å². The van der Waals surface area contributed by atoms with E-state index in [1.807, 2.05) is 38.4 Å². The van der Waals surface area contributed by atoms with Crippen molar-refractivity contribution < 1.29 is 8.85 Å². The third-order valence-electron chi connectivity index (χ3n) is 7.96. The molecule has 1 aliphatic heterocycles. The molecule has 10 heteroatoms. The molecule has 1 fully saturated rings. The van der Waals surface area contributed by atoms with Crippen LogP contribution in [0.5, 0.6) is 0 Å². The van der Waals surface area contributed by atoms with Crippen molar-refractivity contribution in [2.24, 2.45) is 20.0 Å². The number of nitrogens with zero attached hydrogens (tertiary/aromatic N) is 9. The van der Waals surface area contributed by atoms with Crippen molar-refractivity contribution in [3.8, 4) is 22.6 Å². The zero-order chi connectivity index (χ0) is 29.9. The molecular weight excluding hydrogens is 502 g/mol. The Morgan fingerprint density at radius 1 is 0.950 bits per heavy atom. The van der Waals surface area contributed by atoms with Crippen LogP contribution in [0.3, 0.4) is 0 Å². The minimum Gasteiger partial charge on any atom is -0.381 e. The van der Waals surface area contributed by atoms with Crippen LogP contribution in [0.15, 0.2) is 54.7 Å². The lowest BCUT2D eigenvalue weighted by molar-refractivity contribution is 0.0552. The Kier molecular flexibility index (Phi) is 5.15. The zero-order valence-electron chi connectivity index (χ0n) is 25.6. The van der Waals surface area contributed by atoms with Crippen molar-refractivity contribution in [1.82, 2.24) is 44.5 Å². The molecule has 5 aromatic heterocycles. The molecule has 1 atom stereocenters. The van der Waals surface area contributed by atoms with Gasteiger partial charge in [0.1, 0.15) is 11.3 Å². The van der Waals surface area contributed by atoms with E-state index in [1.54, 1.807) is 11.7 Å². The molecule has 0 unspecified atom stereocenters. The lowest BCUT2D eigenvalue weighted by Gasteiger charge is -2.32. The minimum absolute atomic E-state index is 0.0672. The SMILES string of the molecule is [2H]C([2H])([2H])c1nnn(C)c1-c1ccc2c3ncc(-c4c(C)nnn4C)cc3n([C@@H](c3ccccc3)C3CCOCC3)c2n1. The summed E-state index contributed by atoms with van der Waals surface area (Å²) in [6, 6.07) is 16.3. The fourth-order valence-corrected chi connectivity index (χ4v) is 6.13. The molecule has 0 N–H and O–H groups in total. The molecule has 0 bridgehead atoms. The lowest BCUT2D eigenvalue weighted by atomic mass is 9.86. The predicted molar refractivity (Wildman–Crippen MR) is 153 cm³/mol. The second-order valence-corrected chi connectivity index (χ2v) is 10.4. The standard InChI is InChI=1S/C30H31N9O/c1-18-27(37(3)35-33-18)22-16-25-26(31-17-22)23-10-11-24(28-19(2)34-36-38(28)4)32-30(23)39(25)29(20-8-6-5-7-9-20)21-12-14-40-15-13-21/h5-11,16-17,21,29H,12-15H2,1-4H3/t29-/m0/s1/i2D3. The number of rotatable bonds is 5. The molecule has 0 amide bonds. The molecule has 7 rings (SSSR count). The summed E-state index contributed by atoms with van der Waals surface area (Å²) in [6.07, 6.45) is 3.65. The highest BCUT2D eigenvalue weighted by molar-refractivity contribution is 6.06. The van der Waals surface area contributed by atoms with Crippen LogP contribution in [0, 0.1) is 19.7 Å². The highest BCUT2D eigenvalue weighted by atomic mass is 16.5. The summed E-state index contributed by atoms with van der Waals surface area (Å²) in [6.45, 7) is 0.883. The second kappa shape index (κ2) is 9.63. The molecule has 1 saturated heterocycles. The number of aryl methyl sites for hydroxylation is 4. The number of hydrogen-bond acceptors (Lipinski definition) is 7. The van der Waals surface area contributed by atoms with Gasteiger partial charge in [0.25, 0.3) is 0 Å². The van der Waals surface area contributed by atoms with Gasteiger partial charge in [-0.15, -0.1) is 10.2 Å². The van der Waals surface area contributed by atoms with Gasteiger partial charge in [-0.25, -0.2) is 14.3 Å². The van der Waals surface area contributed by atoms with Gasteiger partial charge in [-0.1, -0.05) is 40.8 Å². The summed E-state index contributed by atoms with van der Waals surface area (Å²) < 4.78 is 35.5. The Morgan fingerprint density at radius 3 is 2.42 bits per heavy atom. The van der Waals surface area contributed by atoms with E-state index in [0.29, 0.717) is 24.6 Å². The van der Waals surface area contributed by atoms with Crippen LogP contribution in [0.25, 0.3) is 44.7 Å². The summed E-state index contributed by atoms with van der Waals surface area (Å²) in [4.78, 5) is 10.2. The Balaban J connectivity index is 1.56. The smallest absolute Gasteiger partial charge is 0.143 e. The molecule has 1 aromatic carbocycles. The van der Waals surface area contributed by atoms with Gasteiger partial charge in [0.05, 0.1) is 39.9 Å². The van der Waals surface area contributed by atoms with Crippen molar-refractivity contribution >= 4 is 22.1 Å². The number of ether oxygens (including phenoxy) is 1. The average Bonchev–Trinajstić information content (AvgIpc) is 3.66. The molecule has 202 valence electrons. The molecule has 10 nitrogen and oxygen atoms in total. The van der Waals surface area contributed by atoms with E-state index in [4.69, 9.17) is 18.8 Å². The molecule has 1 aliphatic rings. The van der Waals surface area contributed by atoms with E-state index in [1.165, 1.54) is 4.68 Å². The zero-order valence-corrected chi connectivity index (χ0v) is 22.6. The Hall–Kier alpha value is -4.44. The monoisotopic (exact) mass is 536 g/mol. The topological polar surface area (TPSA) is 101 Å². The van der Waals surface area contributed by atoms with Crippen LogP contribution in [0.1, 0.15) is 39.9 Å². The number of fused-ring (bicyclic) bond motifs is 3. The molecule has 0 saturated carbocycles. The van der Waals surface area contributed by atoms with Gasteiger partial charge in [-0.3, -0.25) is 4.98 Å². The largest absolute Gasteiger partial charge is 0.381 e. The molecule has 6 aromatic rings. The highest BCUT2D eigenvalue weighted by Crippen LogP contribution is 2.41. The highest BCUT2D eigenvalue weighted by Gasteiger charge is 2.31. The maximum absolute atomic E-state index is 8.06. The van der Waals surface area contributed by atoms with E-state index in [0.717, 1.165) is 57.4 Å². The molecule has 0 spiro atoms. The van der Waals surface area contributed by atoms with Gasteiger partial charge < -0.3 is 9.30 Å². The molecular formula is C30H31N9O. The third-order valence-corrected chi connectivity index (χ3v) is 7.96. The average molecular weight is 537 g/mol. The molecule has 0 radical (unpaired) electrons. The van der Waals surface area contributed by atoms with Crippen molar-refractivity contribution in [3.63, 3.8) is 0 Å². The lowest BCUT2D eigenvalue weighted by Crippen LogP contribution is -2.27. The van der Waals surface area contributed by atoms with Crippen LogP contribution >= 0.6 is 0 Å². The van der Waals surface area contributed by atoms with Gasteiger partial charge in [-0.2, -0.15) is 0 Å². The van der Waals surface area contributed by atoms with E-state index < -0.39 is 6.85 Å². The van der Waals surface area contributed by atoms with Crippen LogP contribution < -0.4 is 0 Å². The van der Waals surface area contributed by atoms with Crippen molar-refractivity contribution in [3.05, 3.63) is 71.7 Å². The van der Waals surface area contributed by atoms with Crippen molar-refractivity contribution in [1.29, 1.82) is 0 Å². The van der Waals surface area contributed by atoms with Crippen molar-refractivity contribution in [2.45, 2.75) is 32.7 Å². The van der Waals surface area contributed by atoms with Crippen molar-refractivity contribution in [2.75, 3.05) is 13.2 Å². The van der Waals surface area contributed by atoms with E-state index in [-0.39, 0.29) is 17.7 Å². The number of hydrogen-bond donors (Lipinski definition) is 0. The first-order valence-electron chi connectivity index (χ1n) is 14.9. The number of benzene rings is 1. The Bertz CT molecular complexity index is 1930. The molecule has 0 aliphatic carbocycles. The van der Waals surface area contributed by atoms with Gasteiger partial charge in [-0.05, 0) is 56.3 Å². The van der Waals surface area contributed by atoms with E-state index in [9.17, 15) is 0 Å². The quantitative estimate of drug-likeness (QED) is 0.312. The molecule has 40 heavy (non-hydrogen) atoms. The third kappa shape index (κ3) is 3.90. The van der Waals surface area contributed by atoms with Crippen LogP contribution in [-0.4, -0.2) is 57.7 Å². The van der Waals surface area contributed by atoms with Gasteiger partial charge in [0.15, 0.2) is 0 Å². The van der Waals surface area contributed by atoms with Crippen LogP contribution in [0.4, 0.5) is 0 Å². The first-order valence-corrected chi connectivity index (χ1v) is 13.4. The normalized spacial score (nSPS) is 16.7. The Labute approximate surface area is 235 Å². The van der Waals surface area contributed by atoms with Gasteiger partial charge >= 0.3 is 0 Å². The maximum atomic E-state index is 8.06. The van der Waals surface area contributed by atoms with E-state index in [2.05, 4.69) is 55.5 Å². The van der Waals surface area contributed by atoms with Gasteiger partial charge in [0, 0.05) is 48.6 Å². The number of aromatic nitrogens is 9. The molecule has 6 heterocycles. The summed E-state index contributed by atoms with van der Waals surface area (Å²) in [5.74, 6) is 0.278. The fraction of sp³-hybridized carbons (Fsp3) is 0.333. The first-order chi connectivity index (χ1) is 20.7. The predicted octanol–water partition coefficient (Wildman–Crippen LogP) is 4.81. The summed E-state index contributed by atoms with van der Waals surface area (Å²) in [5.41, 5.74) is 7.02. The maximum Gasteiger partial charge on any atom is 0.143 e. The second-order valence-electron chi connectivity index (χ2n) is 10.4. The fourth-order valence-electron chi connectivity index (χ4n) is 6.13. The minimum atomic E-state index is -2.44.